The van der Waals surface area contributed by atoms with Crippen LogP contribution in [0.1, 0.15) is 23.7 Å². The Labute approximate surface area is 200 Å². The second kappa shape index (κ2) is 8.43. The zero-order valence-electron chi connectivity index (χ0n) is 17.3. The molecule has 6 nitrogen and oxygen atoms in total. The highest BCUT2D eigenvalue weighted by Gasteiger charge is 2.41. The molecular weight excluding hydrogens is 473 g/mol. The van der Waals surface area contributed by atoms with E-state index < -0.39 is 0 Å². The summed E-state index contributed by atoms with van der Waals surface area (Å²) >= 11 is 19.2. The summed E-state index contributed by atoms with van der Waals surface area (Å²) in [6, 6.07) is 8.95. The fourth-order valence-electron chi connectivity index (χ4n) is 4.69. The Morgan fingerprint density at radius 3 is 2.59 bits per heavy atom. The first-order valence-corrected chi connectivity index (χ1v) is 11.6. The van der Waals surface area contributed by atoms with Gasteiger partial charge in [-0.15, -0.1) is 0 Å². The van der Waals surface area contributed by atoms with Gasteiger partial charge in [0.15, 0.2) is 0 Å². The Bertz CT molecular complexity index is 1240. The summed E-state index contributed by atoms with van der Waals surface area (Å²) in [4.78, 5) is 14.7. The molecule has 0 spiro atoms. The number of halogens is 3. The number of aliphatic hydroxyl groups excluding tert-OH is 1. The minimum atomic E-state index is -0.342. The topological polar surface area (TPSA) is 59.6 Å². The zero-order valence-corrected chi connectivity index (χ0v) is 19.6. The van der Waals surface area contributed by atoms with Crippen molar-refractivity contribution in [1.29, 1.82) is 0 Å². The molecule has 0 unspecified atom stereocenters. The van der Waals surface area contributed by atoms with Crippen LogP contribution < -0.4 is 10.4 Å². The van der Waals surface area contributed by atoms with Gasteiger partial charge in [-0.25, -0.2) is 4.79 Å². The summed E-state index contributed by atoms with van der Waals surface area (Å²) in [5.41, 5.74) is 2.31. The normalized spacial score (nSPS) is 23.0. The number of nitrogens with zero attached hydrogens (tertiary/aromatic N) is 3. The molecule has 1 aromatic heterocycles. The number of hydrogen-bond acceptors (Lipinski definition) is 4. The number of hydrogen-bond donors (Lipinski definition) is 1. The number of benzene rings is 2. The quantitative estimate of drug-likeness (QED) is 0.589. The van der Waals surface area contributed by atoms with Crippen molar-refractivity contribution in [3.05, 3.63) is 79.4 Å². The molecule has 32 heavy (non-hydrogen) atoms. The highest BCUT2D eigenvalue weighted by molar-refractivity contribution is 6.35. The molecule has 0 saturated carbocycles. The van der Waals surface area contributed by atoms with E-state index in [1.54, 1.807) is 43.7 Å². The lowest BCUT2D eigenvalue weighted by Gasteiger charge is -2.30. The van der Waals surface area contributed by atoms with Crippen LogP contribution in [0.25, 0.3) is 5.69 Å². The number of aromatic nitrogens is 2. The molecular formula is C23H22Cl3N3O3. The van der Waals surface area contributed by atoms with E-state index in [1.807, 2.05) is 6.07 Å². The van der Waals surface area contributed by atoms with E-state index >= 15 is 0 Å². The van der Waals surface area contributed by atoms with Crippen molar-refractivity contribution in [1.82, 2.24) is 14.0 Å². The second-order valence-electron chi connectivity index (χ2n) is 8.38. The highest BCUT2D eigenvalue weighted by Crippen LogP contribution is 2.43. The Kier molecular flexibility index (Phi) is 5.76. The first-order valence-electron chi connectivity index (χ1n) is 10.4. The van der Waals surface area contributed by atoms with Gasteiger partial charge in [0.1, 0.15) is 11.9 Å². The Morgan fingerprint density at radius 1 is 1.09 bits per heavy atom. The summed E-state index contributed by atoms with van der Waals surface area (Å²) in [6.07, 6.45) is 4.13. The van der Waals surface area contributed by atoms with Gasteiger partial charge in [-0.3, -0.25) is 9.47 Å². The van der Waals surface area contributed by atoms with Gasteiger partial charge in [0.25, 0.3) is 0 Å². The van der Waals surface area contributed by atoms with Crippen molar-refractivity contribution in [2.24, 2.45) is 7.05 Å². The van der Waals surface area contributed by atoms with Crippen molar-refractivity contribution in [3.8, 4) is 11.4 Å². The standard InChI is InChI=1S/C23H22Cl3N3O3/c1-27-6-7-29(23(27)31)20-10-15(2-3-18(20)25)32-22-17-8-13(24)9-19(26)16(17)11-21(22)28-5-4-14(30)12-28/h2-3,6-10,14,21-22,30H,4-5,11-12H2,1H3/t14-,21+,22+/m1/s1. The molecule has 3 atom stereocenters. The Hall–Kier alpha value is -1.96. The molecule has 168 valence electrons. The second-order valence-corrected chi connectivity index (χ2v) is 9.63. The molecule has 1 fully saturated rings. The SMILES string of the molecule is Cn1ccn(-c2cc(O[C@H]3c4cc(Cl)cc(Cl)c4C[C@@H]3N3CC[C@@H](O)C3)ccc2Cl)c1=O. The van der Waals surface area contributed by atoms with Gasteiger partial charge in [0.2, 0.25) is 0 Å². The number of rotatable bonds is 4. The van der Waals surface area contributed by atoms with Crippen LogP contribution in [-0.4, -0.2) is 44.4 Å². The van der Waals surface area contributed by atoms with Gasteiger partial charge < -0.3 is 14.4 Å². The van der Waals surface area contributed by atoms with Gasteiger partial charge >= 0.3 is 5.69 Å². The van der Waals surface area contributed by atoms with Crippen LogP contribution in [0.5, 0.6) is 5.75 Å². The largest absolute Gasteiger partial charge is 0.484 e. The van der Waals surface area contributed by atoms with Gasteiger partial charge in [-0.1, -0.05) is 34.8 Å². The van der Waals surface area contributed by atoms with Gasteiger partial charge in [-0.2, -0.15) is 0 Å². The van der Waals surface area contributed by atoms with Crippen molar-refractivity contribution < 1.29 is 9.84 Å². The molecule has 1 aliphatic heterocycles. The average molecular weight is 495 g/mol. The first-order chi connectivity index (χ1) is 15.3. The third-order valence-electron chi connectivity index (χ3n) is 6.32. The number of ether oxygens (including phenoxy) is 1. The van der Waals surface area contributed by atoms with Crippen molar-refractivity contribution in [2.75, 3.05) is 13.1 Å². The van der Waals surface area contributed by atoms with E-state index in [1.165, 1.54) is 9.13 Å². The van der Waals surface area contributed by atoms with Crippen LogP contribution in [0.15, 0.2) is 47.5 Å². The maximum absolute atomic E-state index is 12.4. The lowest BCUT2D eigenvalue weighted by atomic mass is 10.1. The molecule has 2 aliphatic rings. The maximum Gasteiger partial charge on any atom is 0.332 e. The summed E-state index contributed by atoms with van der Waals surface area (Å²) in [7, 11) is 1.69. The molecule has 1 N–H and O–H groups in total. The number of likely N-dealkylation sites (tertiary alicyclic amines) is 1. The van der Waals surface area contributed by atoms with Crippen molar-refractivity contribution in [3.63, 3.8) is 0 Å². The molecule has 9 heteroatoms. The smallest absolute Gasteiger partial charge is 0.332 e. The Morgan fingerprint density at radius 2 is 1.91 bits per heavy atom. The minimum Gasteiger partial charge on any atom is -0.484 e. The molecule has 0 radical (unpaired) electrons. The molecule has 1 saturated heterocycles. The summed E-state index contributed by atoms with van der Waals surface area (Å²) in [5, 5.41) is 11.7. The molecule has 0 amide bonds. The number of aryl methyl sites for hydroxylation is 1. The minimum absolute atomic E-state index is 0.0108. The summed E-state index contributed by atoms with van der Waals surface area (Å²) < 4.78 is 9.48. The fourth-order valence-corrected chi connectivity index (χ4v) is 5.49. The third kappa shape index (κ3) is 3.84. The number of β-amino-alcohol motifs (C(OH)–C–C–N with tert-alkyl or cyclic N) is 1. The lowest BCUT2D eigenvalue weighted by Crippen LogP contribution is -2.39. The number of aliphatic hydroxyl groups is 1. The van der Waals surface area contributed by atoms with E-state index in [0.717, 1.165) is 24.1 Å². The van der Waals surface area contributed by atoms with E-state index in [2.05, 4.69) is 4.90 Å². The van der Waals surface area contributed by atoms with Crippen LogP contribution in [-0.2, 0) is 13.5 Å². The predicted molar refractivity (Wildman–Crippen MR) is 126 cm³/mol. The van der Waals surface area contributed by atoms with Crippen molar-refractivity contribution >= 4 is 34.8 Å². The van der Waals surface area contributed by atoms with Crippen LogP contribution in [0.3, 0.4) is 0 Å². The van der Waals surface area contributed by atoms with Crippen LogP contribution >= 0.6 is 34.8 Å². The maximum atomic E-state index is 12.4. The van der Waals surface area contributed by atoms with Gasteiger partial charge in [0, 0.05) is 54.2 Å². The zero-order chi connectivity index (χ0) is 22.6. The molecule has 0 bridgehead atoms. The lowest BCUT2D eigenvalue weighted by molar-refractivity contribution is 0.0818. The molecule has 3 aromatic rings. The van der Waals surface area contributed by atoms with E-state index in [-0.39, 0.29) is 23.9 Å². The highest BCUT2D eigenvalue weighted by atomic mass is 35.5. The van der Waals surface area contributed by atoms with Crippen molar-refractivity contribution in [2.45, 2.75) is 31.1 Å². The van der Waals surface area contributed by atoms with Crippen LogP contribution in [0, 0.1) is 0 Å². The summed E-state index contributed by atoms with van der Waals surface area (Å²) in [6.45, 7) is 1.38. The fraction of sp³-hybridized carbons (Fsp3) is 0.348. The van der Waals surface area contributed by atoms with Gasteiger partial charge in [-0.05, 0) is 42.7 Å². The van der Waals surface area contributed by atoms with Crippen LogP contribution in [0.4, 0.5) is 0 Å². The predicted octanol–water partition coefficient (Wildman–Crippen LogP) is 4.25. The molecule has 5 rings (SSSR count). The molecule has 1 aliphatic carbocycles. The number of fused-ring (bicyclic) bond motifs is 1. The third-order valence-corrected chi connectivity index (χ3v) is 7.19. The molecule has 2 heterocycles. The van der Waals surface area contributed by atoms with E-state index in [4.69, 9.17) is 39.5 Å². The van der Waals surface area contributed by atoms with Gasteiger partial charge in [0.05, 0.1) is 22.9 Å². The Balaban J connectivity index is 1.53. The number of imidazole rings is 1. The monoisotopic (exact) mass is 493 g/mol. The van der Waals surface area contributed by atoms with E-state index in [9.17, 15) is 9.90 Å². The molecule has 2 aromatic carbocycles. The van der Waals surface area contributed by atoms with E-state index in [0.29, 0.717) is 39.5 Å². The average Bonchev–Trinajstić information content (AvgIpc) is 3.42. The van der Waals surface area contributed by atoms with Crippen LogP contribution in [0.2, 0.25) is 15.1 Å². The first kappa shape index (κ1) is 21.9. The summed E-state index contributed by atoms with van der Waals surface area (Å²) in [5.74, 6) is 0.582.